The molecule has 0 bridgehead atoms. The van der Waals surface area contributed by atoms with E-state index in [0.29, 0.717) is 0 Å². The summed E-state index contributed by atoms with van der Waals surface area (Å²) < 4.78 is 0. The predicted molar refractivity (Wildman–Crippen MR) is 71.3 cm³/mol. The molecule has 16 heavy (non-hydrogen) atoms. The van der Waals surface area contributed by atoms with Gasteiger partial charge in [0.15, 0.2) is 0 Å². The Morgan fingerprint density at radius 2 is 1.69 bits per heavy atom. The van der Waals surface area contributed by atoms with Crippen molar-refractivity contribution in [1.82, 2.24) is 0 Å². The first-order valence-corrected chi connectivity index (χ1v) is 5.85. The third-order valence-corrected chi connectivity index (χ3v) is 2.94. The molecule has 0 aliphatic heterocycles. The standard InChI is InChI=1S/C16H18/c1-13-5-3-7-15(8-4-6-13)16-11-9-14(2)10-12-16/h3,5-6,8-12H,4,7H2,1-2H3/b5-3-,13-6-,15-8+. The summed E-state index contributed by atoms with van der Waals surface area (Å²) in [6.45, 7) is 4.28. The van der Waals surface area contributed by atoms with Crippen molar-refractivity contribution in [1.29, 1.82) is 0 Å². The quantitative estimate of drug-likeness (QED) is 0.631. The second-order valence-corrected chi connectivity index (χ2v) is 4.39. The first-order chi connectivity index (χ1) is 7.75. The zero-order chi connectivity index (χ0) is 11.4. The fourth-order valence-corrected chi connectivity index (χ4v) is 1.91. The van der Waals surface area contributed by atoms with Gasteiger partial charge in [0.2, 0.25) is 0 Å². The summed E-state index contributed by atoms with van der Waals surface area (Å²) in [7, 11) is 0. The molecular formula is C16H18. The van der Waals surface area contributed by atoms with Crippen LogP contribution in [0.25, 0.3) is 5.57 Å². The molecule has 0 amide bonds. The average molecular weight is 210 g/mol. The fourth-order valence-electron chi connectivity index (χ4n) is 1.91. The van der Waals surface area contributed by atoms with Crippen molar-refractivity contribution in [3.05, 3.63) is 65.3 Å². The summed E-state index contributed by atoms with van der Waals surface area (Å²) in [4.78, 5) is 0. The molecule has 0 N–H and O–H groups in total. The SMILES string of the molecule is CC1=C/C/C=C(/c2ccc(C)cc2)C/C=C\1. The fraction of sp³-hybridized carbons (Fsp3) is 0.250. The van der Waals surface area contributed by atoms with Crippen LogP contribution in [0.1, 0.15) is 30.9 Å². The number of benzene rings is 1. The van der Waals surface area contributed by atoms with Crippen LogP contribution in [-0.4, -0.2) is 0 Å². The van der Waals surface area contributed by atoms with E-state index < -0.39 is 0 Å². The molecule has 1 aliphatic carbocycles. The minimum atomic E-state index is 1.04. The zero-order valence-corrected chi connectivity index (χ0v) is 10.0. The lowest BCUT2D eigenvalue weighted by Gasteiger charge is -2.07. The molecule has 0 radical (unpaired) electrons. The van der Waals surface area contributed by atoms with E-state index in [9.17, 15) is 0 Å². The lowest BCUT2D eigenvalue weighted by molar-refractivity contribution is 1.26. The van der Waals surface area contributed by atoms with E-state index in [1.54, 1.807) is 0 Å². The van der Waals surface area contributed by atoms with Gasteiger partial charge in [-0.1, -0.05) is 59.7 Å². The number of aryl methyl sites for hydroxylation is 1. The Bertz CT molecular complexity index is 441. The summed E-state index contributed by atoms with van der Waals surface area (Å²) >= 11 is 0. The van der Waals surface area contributed by atoms with Crippen LogP contribution in [0.3, 0.4) is 0 Å². The van der Waals surface area contributed by atoms with Crippen LogP contribution in [0.5, 0.6) is 0 Å². The van der Waals surface area contributed by atoms with E-state index in [4.69, 9.17) is 0 Å². The van der Waals surface area contributed by atoms with Crippen LogP contribution >= 0.6 is 0 Å². The highest BCUT2D eigenvalue weighted by Crippen LogP contribution is 2.22. The van der Waals surface area contributed by atoms with Gasteiger partial charge in [-0.2, -0.15) is 0 Å². The Morgan fingerprint density at radius 3 is 2.44 bits per heavy atom. The molecule has 0 unspecified atom stereocenters. The zero-order valence-electron chi connectivity index (χ0n) is 10.0. The largest absolute Gasteiger partial charge is 0.0799 e. The second-order valence-electron chi connectivity index (χ2n) is 4.39. The molecule has 0 spiro atoms. The number of rotatable bonds is 1. The Balaban J connectivity index is 2.25. The molecule has 0 fully saturated rings. The Morgan fingerprint density at radius 1 is 0.938 bits per heavy atom. The molecule has 1 aromatic carbocycles. The molecule has 0 heterocycles. The van der Waals surface area contributed by atoms with Gasteiger partial charge in [-0.15, -0.1) is 0 Å². The number of hydrogen-bond donors (Lipinski definition) is 0. The Labute approximate surface area is 98.0 Å². The van der Waals surface area contributed by atoms with Crippen LogP contribution in [0, 0.1) is 6.92 Å². The average Bonchev–Trinajstić information content (AvgIpc) is 2.25. The predicted octanol–water partition coefficient (Wildman–Crippen LogP) is 4.67. The monoisotopic (exact) mass is 210 g/mol. The molecule has 1 aliphatic rings. The van der Waals surface area contributed by atoms with Gasteiger partial charge in [0.05, 0.1) is 0 Å². The molecule has 0 aromatic heterocycles. The summed E-state index contributed by atoms with van der Waals surface area (Å²) in [6, 6.07) is 8.79. The minimum Gasteiger partial charge on any atom is -0.0799 e. The van der Waals surface area contributed by atoms with Crippen LogP contribution < -0.4 is 0 Å². The third-order valence-electron chi connectivity index (χ3n) is 2.94. The van der Waals surface area contributed by atoms with Crippen LogP contribution in [0.15, 0.2) is 54.1 Å². The lowest BCUT2D eigenvalue weighted by atomic mass is 9.98. The maximum Gasteiger partial charge on any atom is -0.00913 e. The lowest BCUT2D eigenvalue weighted by Crippen LogP contribution is -1.86. The minimum absolute atomic E-state index is 1.04. The van der Waals surface area contributed by atoms with Crippen molar-refractivity contribution in [2.45, 2.75) is 26.7 Å². The van der Waals surface area contributed by atoms with Crippen molar-refractivity contribution in [3.8, 4) is 0 Å². The van der Waals surface area contributed by atoms with E-state index in [-0.39, 0.29) is 0 Å². The van der Waals surface area contributed by atoms with Crippen molar-refractivity contribution < 1.29 is 0 Å². The molecule has 2 rings (SSSR count). The molecule has 0 nitrogen and oxygen atoms in total. The van der Waals surface area contributed by atoms with Gasteiger partial charge < -0.3 is 0 Å². The highest BCUT2D eigenvalue weighted by molar-refractivity contribution is 5.67. The number of hydrogen-bond acceptors (Lipinski definition) is 0. The van der Waals surface area contributed by atoms with Gasteiger partial charge >= 0.3 is 0 Å². The van der Waals surface area contributed by atoms with E-state index in [2.05, 4.69) is 62.4 Å². The first kappa shape index (κ1) is 10.9. The molecule has 0 saturated carbocycles. The van der Waals surface area contributed by atoms with Crippen LogP contribution in [-0.2, 0) is 0 Å². The van der Waals surface area contributed by atoms with Gasteiger partial charge in [-0.05, 0) is 37.8 Å². The summed E-state index contributed by atoms with van der Waals surface area (Å²) in [5.74, 6) is 0. The molecule has 0 heteroatoms. The summed E-state index contributed by atoms with van der Waals surface area (Å²) in [6.07, 6.45) is 11.1. The smallest absolute Gasteiger partial charge is 0.00913 e. The molecule has 0 saturated heterocycles. The number of allylic oxidation sites excluding steroid dienone is 6. The second kappa shape index (κ2) is 4.98. The van der Waals surface area contributed by atoms with Gasteiger partial charge in [0.1, 0.15) is 0 Å². The van der Waals surface area contributed by atoms with E-state index in [1.165, 1.54) is 22.3 Å². The molecule has 1 aromatic rings. The van der Waals surface area contributed by atoms with Gasteiger partial charge in [0, 0.05) is 0 Å². The Kier molecular flexibility index (Phi) is 3.40. The summed E-state index contributed by atoms with van der Waals surface area (Å²) in [5, 5.41) is 0. The normalized spacial score (nSPS) is 24.6. The highest BCUT2D eigenvalue weighted by atomic mass is 14.1. The maximum atomic E-state index is 2.33. The van der Waals surface area contributed by atoms with Crippen molar-refractivity contribution in [2.75, 3.05) is 0 Å². The molecule has 0 atom stereocenters. The van der Waals surface area contributed by atoms with E-state index in [1.807, 2.05) is 0 Å². The van der Waals surface area contributed by atoms with Gasteiger partial charge in [-0.25, -0.2) is 0 Å². The molecular weight excluding hydrogens is 192 g/mol. The third kappa shape index (κ3) is 2.73. The van der Waals surface area contributed by atoms with Gasteiger partial charge in [-0.3, -0.25) is 0 Å². The van der Waals surface area contributed by atoms with Gasteiger partial charge in [0.25, 0.3) is 0 Å². The van der Waals surface area contributed by atoms with Crippen LogP contribution in [0.2, 0.25) is 0 Å². The van der Waals surface area contributed by atoms with E-state index in [0.717, 1.165) is 12.8 Å². The van der Waals surface area contributed by atoms with Crippen molar-refractivity contribution in [3.63, 3.8) is 0 Å². The Hall–Kier alpha value is -1.56. The first-order valence-electron chi connectivity index (χ1n) is 5.85. The summed E-state index contributed by atoms with van der Waals surface area (Å²) in [5.41, 5.74) is 5.46. The molecule has 82 valence electrons. The van der Waals surface area contributed by atoms with Crippen molar-refractivity contribution >= 4 is 5.57 Å². The van der Waals surface area contributed by atoms with Crippen molar-refractivity contribution in [2.24, 2.45) is 0 Å². The van der Waals surface area contributed by atoms with Crippen LogP contribution in [0.4, 0.5) is 0 Å². The van der Waals surface area contributed by atoms with E-state index >= 15 is 0 Å². The maximum absolute atomic E-state index is 2.33. The topological polar surface area (TPSA) is 0 Å². The highest BCUT2D eigenvalue weighted by Gasteiger charge is 2.00.